The van der Waals surface area contributed by atoms with Gasteiger partial charge in [0.2, 0.25) is 5.91 Å². The lowest BCUT2D eigenvalue weighted by Gasteiger charge is -2.17. The molecule has 0 spiro atoms. The Bertz CT molecular complexity index is 1350. The molecular weight excluding hydrogens is 446 g/mol. The van der Waals surface area contributed by atoms with E-state index in [2.05, 4.69) is 10.3 Å². The largest absolute Gasteiger partial charge is 0.467 e. The van der Waals surface area contributed by atoms with Crippen molar-refractivity contribution in [3.63, 3.8) is 0 Å². The summed E-state index contributed by atoms with van der Waals surface area (Å²) in [6.07, 6.45) is 1.56. The van der Waals surface area contributed by atoms with Crippen molar-refractivity contribution < 1.29 is 9.21 Å². The zero-order valence-corrected chi connectivity index (χ0v) is 19.5. The number of carbonyl (C=O) groups is 1. The van der Waals surface area contributed by atoms with E-state index in [-0.39, 0.29) is 18.0 Å². The monoisotopic (exact) mass is 467 g/mol. The van der Waals surface area contributed by atoms with E-state index in [1.165, 1.54) is 16.3 Å². The van der Waals surface area contributed by atoms with Gasteiger partial charge in [-0.3, -0.25) is 14.2 Å². The standard InChI is InChI=1S/C24H22ClN3O3S/c1-14-6-9-20(15(2)11-14)26-22(29)16(3)32-24-27-21-12-17(25)7-8-19(21)23(30)28(24)13-18-5-4-10-31-18/h4-12,16H,13H2,1-3H3,(H,26,29). The molecular formula is C24H22ClN3O3S. The van der Waals surface area contributed by atoms with Crippen LogP contribution in [0.2, 0.25) is 5.02 Å². The van der Waals surface area contributed by atoms with Crippen LogP contribution >= 0.6 is 23.4 Å². The lowest BCUT2D eigenvalue weighted by Crippen LogP contribution is -2.27. The summed E-state index contributed by atoms with van der Waals surface area (Å²) >= 11 is 7.33. The summed E-state index contributed by atoms with van der Waals surface area (Å²) in [6, 6.07) is 14.4. The number of aromatic nitrogens is 2. The van der Waals surface area contributed by atoms with Gasteiger partial charge in [-0.05, 0) is 62.7 Å². The fraction of sp³-hybridized carbons (Fsp3) is 0.208. The van der Waals surface area contributed by atoms with Crippen molar-refractivity contribution in [3.05, 3.63) is 87.1 Å². The van der Waals surface area contributed by atoms with Crippen molar-refractivity contribution in [1.82, 2.24) is 9.55 Å². The summed E-state index contributed by atoms with van der Waals surface area (Å²) in [5, 5.41) is 3.84. The van der Waals surface area contributed by atoms with E-state index < -0.39 is 5.25 Å². The van der Waals surface area contributed by atoms with Gasteiger partial charge in [0.15, 0.2) is 5.16 Å². The predicted octanol–water partition coefficient (Wildman–Crippen LogP) is 5.43. The molecule has 1 amide bonds. The third-order valence-corrected chi connectivity index (χ3v) is 6.39. The van der Waals surface area contributed by atoms with Gasteiger partial charge in [-0.25, -0.2) is 4.98 Å². The summed E-state index contributed by atoms with van der Waals surface area (Å²) in [6.45, 7) is 5.96. The van der Waals surface area contributed by atoms with E-state index in [1.807, 2.05) is 32.0 Å². The number of halogens is 1. The molecule has 0 radical (unpaired) electrons. The van der Waals surface area contributed by atoms with Crippen molar-refractivity contribution in [2.24, 2.45) is 0 Å². The average molecular weight is 468 g/mol. The van der Waals surface area contributed by atoms with E-state index in [0.717, 1.165) is 16.8 Å². The van der Waals surface area contributed by atoms with Gasteiger partial charge < -0.3 is 9.73 Å². The summed E-state index contributed by atoms with van der Waals surface area (Å²) in [5.74, 6) is 0.448. The number of hydrogen-bond acceptors (Lipinski definition) is 5. The number of rotatable bonds is 6. The fourth-order valence-corrected chi connectivity index (χ4v) is 4.44. The first kappa shape index (κ1) is 22.2. The maximum absolute atomic E-state index is 13.2. The molecule has 0 aliphatic heterocycles. The molecule has 4 aromatic rings. The molecule has 0 saturated heterocycles. The molecule has 0 bridgehead atoms. The Morgan fingerprint density at radius 3 is 2.75 bits per heavy atom. The minimum atomic E-state index is -0.498. The lowest BCUT2D eigenvalue weighted by atomic mass is 10.1. The van der Waals surface area contributed by atoms with E-state index in [4.69, 9.17) is 16.0 Å². The van der Waals surface area contributed by atoms with Crippen molar-refractivity contribution in [2.45, 2.75) is 37.7 Å². The highest BCUT2D eigenvalue weighted by molar-refractivity contribution is 8.00. The second-order valence-corrected chi connectivity index (χ2v) is 9.34. The summed E-state index contributed by atoms with van der Waals surface area (Å²) in [4.78, 5) is 30.8. The lowest BCUT2D eigenvalue weighted by molar-refractivity contribution is -0.115. The Labute approximate surface area is 194 Å². The zero-order chi connectivity index (χ0) is 22.8. The number of benzene rings is 2. The number of carbonyl (C=O) groups excluding carboxylic acids is 1. The Balaban J connectivity index is 1.67. The van der Waals surface area contributed by atoms with Crippen LogP contribution in [0.3, 0.4) is 0 Å². The molecule has 1 unspecified atom stereocenters. The molecule has 32 heavy (non-hydrogen) atoms. The Morgan fingerprint density at radius 2 is 2.03 bits per heavy atom. The van der Waals surface area contributed by atoms with E-state index >= 15 is 0 Å². The average Bonchev–Trinajstić information content (AvgIpc) is 3.26. The summed E-state index contributed by atoms with van der Waals surface area (Å²) in [5.41, 5.74) is 3.15. The first-order valence-electron chi connectivity index (χ1n) is 10.1. The van der Waals surface area contributed by atoms with E-state index in [9.17, 15) is 9.59 Å². The number of fused-ring (bicyclic) bond motifs is 1. The van der Waals surface area contributed by atoms with Crippen molar-refractivity contribution >= 4 is 45.9 Å². The molecule has 1 atom stereocenters. The topological polar surface area (TPSA) is 77.1 Å². The molecule has 0 aliphatic rings. The molecule has 2 aromatic heterocycles. The van der Waals surface area contributed by atoms with Crippen LogP contribution in [-0.4, -0.2) is 20.7 Å². The maximum atomic E-state index is 13.2. The molecule has 0 fully saturated rings. The van der Waals surface area contributed by atoms with Crippen LogP contribution in [0, 0.1) is 13.8 Å². The number of nitrogens with zero attached hydrogens (tertiary/aromatic N) is 2. The molecule has 8 heteroatoms. The van der Waals surface area contributed by atoms with Crippen molar-refractivity contribution in [1.29, 1.82) is 0 Å². The van der Waals surface area contributed by atoms with Crippen LogP contribution in [0.25, 0.3) is 10.9 Å². The second-order valence-electron chi connectivity index (χ2n) is 7.59. The molecule has 0 saturated carbocycles. The highest BCUT2D eigenvalue weighted by Crippen LogP contribution is 2.26. The van der Waals surface area contributed by atoms with Crippen LogP contribution in [-0.2, 0) is 11.3 Å². The smallest absolute Gasteiger partial charge is 0.262 e. The molecule has 4 rings (SSSR count). The quantitative estimate of drug-likeness (QED) is 0.302. The number of amides is 1. The number of nitrogens with one attached hydrogen (secondary N) is 1. The minimum absolute atomic E-state index is 0.174. The zero-order valence-electron chi connectivity index (χ0n) is 17.9. The first-order valence-corrected chi connectivity index (χ1v) is 11.3. The molecule has 1 N–H and O–H groups in total. The molecule has 2 aromatic carbocycles. The van der Waals surface area contributed by atoms with E-state index in [0.29, 0.717) is 26.8 Å². The van der Waals surface area contributed by atoms with Gasteiger partial charge in [-0.15, -0.1) is 0 Å². The first-order chi connectivity index (χ1) is 15.3. The number of furan rings is 1. The van der Waals surface area contributed by atoms with Gasteiger partial charge in [0.25, 0.3) is 5.56 Å². The Hall–Kier alpha value is -3.03. The van der Waals surface area contributed by atoms with E-state index in [1.54, 1.807) is 43.5 Å². The van der Waals surface area contributed by atoms with Gasteiger partial charge in [-0.2, -0.15) is 0 Å². The second kappa shape index (κ2) is 9.22. The van der Waals surface area contributed by atoms with Crippen molar-refractivity contribution in [3.8, 4) is 0 Å². The van der Waals surface area contributed by atoms with Gasteiger partial charge in [0.05, 0.1) is 29.0 Å². The van der Waals surface area contributed by atoms with Gasteiger partial charge >= 0.3 is 0 Å². The van der Waals surface area contributed by atoms with Crippen LogP contribution < -0.4 is 10.9 Å². The minimum Gasteiger partial charge on any atom is -0.467 e. The normalized spacial score (nSPS) is 12.1. The SMILES string of the molecule is Cc1ccc(NC(=O)C(C)Sc2nc3cc(Cl)ccc3c(=O)n2Cc2ccco2)c(C)c1. The number of anilines is 1. The summed E-state index contributed by atoms with van der Waals surface area (Å²) < 4.78 is 6.96. The maximum Gasteiger partial charge on any atom is 0.262 e. The third kappa shape index (κ3) is 4.74. The number of thioether (sulfide) groups is 1. The summed E-state index contributed by atoms with van der Waals surface area (Å²) in [7, 11) is 0. The molecule has 0 aliphatic carbocycles. The van der Waals surface area contributed by atoms with Gasteiger partial charge in [-0.1, -0.05) is 41.1 Å². The molecule has 2 heterocycles. The Morgan fingerprint density at radius 1 is 1.22 bits per heavy atom. The van der Waals surface area contributed by atoms with Gasteiger partial charge in [0, 0.05) is 10.7 Å². The molecule has 164 valence electrons. The van der Waals surface area contributed by atoms with Gasteiger partial charge in [0.1, 0.15) is 5.76 Å². The number of hydrogen-bond donors (Lipinski definition) is 1. The predicted molar refractivity (Wildman–Crippen MR) is 129 cm³/mol. The van der Waals surface area contributed by atoms with Crippen molar-refractivity contribution in [2.75, 3.05) is 5.32 Å². The highest BCUT2D eigenvalue weighted by Gasteiger charge is 2.21. The Kier molecular flexibility index (Phi) is 6.39. The third-order valence-electron chi connectivity index (χ3n) is 5.07. The number of aryl methyl sites for hydroxylation is 2. The fourth-order valence-electron chi connectivity index (χ4n) is 3.36. The van der Waals surface area contributed by atoms with Crippen LogP contribution in [0.15, 0.2) is 69.2 Å². The van der Waals surface area contributed by atoms with Crippen LogP contribution in [0.5, 0.6) is 0 Å². The van der Waals surface area contributed by atoms with Crippen LogP contribution in [0.1, 0.15) is 23.8 Å². The molecule has 6 nitrogen and oxygen atoms in total. The van der Waals surface area contributed by atoms with Crippen LogP contribution in [0.4, 0.5) is 5.69 Å². The highest BCUT2D eigenvalue weighted by atomic mass is 35.5.